The SMILES string of the molecule is COCCCC(=O)NC(C)(C)C(C)N. The summed E-state index contributed by atoms with van der Waals surface area (Å²) in [6.45, 7) is 6.35. The van der Waals surface area contributed by atoms with Crippen LogP contribution in [0.25, 0.3) is 0 Å². The Balaban J connectivity index is 3.82. The molecule has 3 N–H and O–H groups in total. The quantitative estimate of drug-likeness (QED) is 0.622. The molecule has 0 rings (SSSR count). The molecule has 0 saturated heterocycles. The van der Waals surface area contributed by atoms with E-state index in [9.17, 15) is 4.79 Å². The van der Waals surface area contributed by atoms with Crippen molar-refractivity contribution in [2.24, 2.45) is 5.73 Å². The Kier molecular flexibility index (Phi) is 5.72. The highest BCUT2D eigenvalue weighted by Crippen LogP contribution is 2.06. The lowest BCUT2D eigenvalue weighted by Gasteiger charge is -2.30. The average Bonchev–Trinajstić information content (AvgIpc) is 2.03. The summed E-state index contributed by atoms with van der Waals surface area (Å²) < 4.78 is 4.87. The van der Waals surface area contributed by atoms with E-state index >= 15 is 0 Å². The van der Waals surface area contributed by atoms with Crippen molar-refractivity contribution >= 4 is 5.91 Å². The highest BCUT2D eigenvalue weighted by Gasteiger charge is 2.24. The summed E-state index contributed by atoms with van der Waals surface area (Å²) in [6.07, 6.45) is 1.24. The lowest BCUT2D eigenvalue weighted by Crippen LogP contribution is -2.54. The van der Waals surface area contributed by atoms with E-state index in [1.54, 1.807) is 7.11 Å². The van der Waals surface area contributed by atoms with Gasteiger partial charge in [0.15, 0.2) is 0 Å². The van der Waals surface area contributed by atoms with Gasteiger partial charge < -0.3 is 15.8 Å². The normalized spacial score (nSPS) is 13.8. The van der Waals surface area contributed by atoms with Gasteiger partial charge in [-0.05, 0) is 27.2 Å². The van der Waals surface area contributed by atoms with Crippen molar-refractivity contribution in [3.05, 3.63) is 0 Å². The van der Waals surface area contributed by atoms with Gasteiger partial charge in [0.1, 0.15) is 0 Å². The van der Waals surface area contributed by atoms with E-state index < -0.39 is 0 Å². The third-order valence-electron chi connectivity index (χ3n) is 2.35. The molecule has 0 aromatic rings. The number of rotatable bonds is 6. The first-order chi connectivity index (χ1) is 6.40. The smallest absolute Gasteiger partial charge is 0.220 e. The number of carbonyl (C=O) groups excluding carboxylic acids is 1. The highest BCUT2D eigenvalue weighted by atomic mass is 16.5. The van der Waals surface area contributed by atoms with Crippen molar-refractivity contribution in [1.82, 2.24) is 5.32 Å². The molecule has 0 aliphatic heterocycles. The first kappa shape index (κ1) is 13.4. The fourth-order valence-electron chi connectivity index (χ4n) is 0.913. The minimum absolute atomic E-state index is 0.0318. The minimum atomic E-state index is -0.343. The second-order valence-corrected chi connectivity index (χ2v) is 4.15. The summed E-state index contributed by atoms with van der Waals surface area (Å²) >= 11 is 0. The molecule has 4 nitrogen and oxygen atoms in total. The molecule has 0 aromatic heterocycles. The average molecular weight is 202 g/mol. The van der Waals surface area contributed by atoms with Gasteiger partial charge >= 0.3 is 0 Å². The molecule has 14 heavy (non-hydrogen) atoms. The van der Waals surface area contributed by atoms with Gasteiger partial charge in [0.2, 0.25) is 5.91 Å². The van der Waals surface area contributed by atoms with E-state index in [0.29, 0.717) is 13.0 Å². The van der Waals surface area contributed by atoms with Gasteiger partial charge in [-0.2, -0.15) is 0 Å². The third-order valence-corrected chi connectivity index (χ3v) is 2.35. The van der Waals surface area contributed by atoms with Gasteiger partial charge in [-0.1, -0.05) is 0 Å². The second-order valence-electron chi connectivity index (χ2n) is 4.15. The van der Waals surface area contributed by atoms with Gasteiger partial charge in [-0.3, -0.25) is 4.79 Å². The Bertz CT molecular complexity index is 179. The zero-order valence-electron chi connectivity index (χ0n) is 9.59. The summed E-state index contributed by atoms with van der Waals surface area (Å²) in [7, 11) is 1.63. The molecule has 0 spiro atoms. The maximum absolute atomic E-state index is 11.4. The Hall–Kier alpha value is -0.610. The predicted octanol–water partition coefficient (Wildman–Crippen LogP) is 0.655. The first-order valence-electron chi connectivity index (χ1n) is 4.95. The van der Waals surface area contributed by atoms with Crippen LogP contribution in [0.4, 0.5) is 0 Å². The number of hydrogen-bond donors (Lipinski definition) is 2. The third kappa shape index (κ3) is 5.19. The molecular weight excluding hydrogens is 180 g/mol. The van der Waals surface area contributed by atoms with Crippen LogP contribution in [0, 0.1) is 0 Å². The number of hydrogen-bond acceptors (Lipinski definition) is 3. The van der Waals surface area contributed by atoms with E-state index in [0.717, 1.165) is 6.42 Å². The molecule has 0 saturated carbocycles. The van der Waals surface area contributed by atoms with Crippen LogP contribution in [-0.2, 0) is 9.53 Å². The van der Waals surface area contributed by atoms with Crippen LogP contribution in [0.1, 0.15) is 33.6 Å². The van der Waals surface area contributed by atoms with Crippen molar-refractivity contribution in [2.75, 3.05) is 13.7 Å². The Morgan fingerprint density at radius 2 is 2.14 bits per heavy atom. The molecule has 0 fully saturated rings. The van der Waals surface area contributed by atoms with E-state index in [1.807, 2.05) is 20.8 Å². The molecule has 1 amide bonds. The maximum Gasteiger partial charge on any atom is 0.220 e. The largest absolute Gasteiger partial charge is 0.385 e. The van der Waals surface area contributed by atoms with Crippen molar-refractivity contribution in [2.45, 2.75) is 45.2 Å². The number of methoxy groups -OCH3 is 1. The number of ether oxygens (including phenoxy) is 1. The topological polar surface area (TPSA) is 64.3 Å². The number of carbonyl (C=O) groups is 1. The molecule has 1 atom stereocenters. The standard InChI is InChI=1S/C10H22N2O2/c1-8(11)10(2,3)12-9(13)6-5-7-14-4/h8H,5-7,11H2,1-4H3,(H,12,13). The zero-order chi connectivity index (χ0) is 11.2. The van der Waals surface area contributed by atoms with Crippen LogP contribution in [0.3, 0.4) is 0 Å². The van der Waals surface area contributed by atoms with Crippen LogP contribution in [0.2, 0.25) is 0 Å². The summed E-state index contributed by atoms with van der Waals surface area (Å²) in [5.41, 5.74) is 5.39. The van der Waals surface area contributed by atoms with E-state index in [2.05, 4.69) is 5.32 Å². The number of amides is 1. The van der Waals surface area contributed by atoms with Gasteiger partial charge in [0.25, 0.3) is 0 Å². The van der Waals surface area contributed by atoms with Crippen molar-refractivity contribution in [3.63, 3.8) is 0 Å². The van der Waals surface area contributed by atoms with Gasteiger partial charge in [0, 0.05) is 31.7 Å². The summed E-state index contributed by atoms with van der Waals surface area (Å²) in [5, 5.41) is 2.90. The molecule has 1 unspecified atom stereocenters. The maximum atomic E-state index is 11.4. The van der Waals surface area contributed by atoms with Gasteiger partial charge in [-0.25, -0.2) is 0 Å². The van der Waals surface area contributed by atoms with E-state index in [1.165, 1.54) is 0 Å². The summed E-state index contributed by atoms with van der Waals surface area (Å²) in [4.78, 5) is 11.4. The van der Waals surface area contributed by atoms with Gasteiger partial charge in [-0.15, -0.1) is 0 Å². The van der Waals surface area contributed by atoms with Gasteiger partial charge in [0.05, 0.1) is 0 Å². The molecule has 0 aliphatic carbocycles. The first-order valence-corrected chi connectivity index (χ1v) is 4.95. The molecule has 0 bridgehead atoms. The molecule has 0 aliphatic rings. The Morgan fingerprint density at radius 3 is 2.57 bits per heavy atom. The van der Waals surface area contributed by atoms with Crippen molar-refractivity contribution in [3.8, 4) is 0 Å². The molecule has 0 aromatic carbocycles. The highest BCUT2D eigenvalue weighted by molar-refractivity contribution is 5.76. The number of nitrogens with one attached hydrogen (secondary N) is 1. The minimum Gasteiger partial charge on any atom is -0.385 e. The van der Waals surface area contributed by atoms with E-state index in [-0.39, 0.29) is 17.5 Å². The molecule has 84 valence electrons. The summed E-state index contributed by atoms with van der Waals surface area (Å²) in [6, 6.07) is -0.0612. The monoisotopic (exact) mass is 202 g/mol. The van der Waals surface area contributed by atoms with Crippen LogP contribution in [-0.4, -0.2) is 31.2 Å². The second kappa shape index (κ2) is 5.98. The van der Waals surface area contributed by atoms with Crippen LogP contribution < -0.4 is 11.1 Å². The van der Waals surface area contributed by atoms with Crippen LogP contribution in [0.5, 0.6) is 0 Å². The summed E-state index contributed by atoms with van der Waals surface area (Å²) in [5.74, 6) is 0.0318. The predicted molar refractivity (Wildman–Crippen MR) is 57.0 cm³/mol. The Morgan fingerprint density at radius 1 is 1.57 bits per heavy atom. The lowest BCUT2D eigenvalue weighted by atomic mass is 9.96. The van der Waals surface area contributed by atoms with Crippen molar-refractivity contribution < 1.29 is 9.53 Å². The fraction of sp³-hybridized carbons (Fsp3) is 0.900. The molecule has 4 heteroatoms. The Labute approximate surface area is 86.2 Å². The number of nitrogens with two attached hydrogens (primary N) is 1. The van der Waals surface area contributed by atoms with Crippen molar-refractivity contribution in [1.29, 1.82) is 0 Å². The molecule has 0 heterocycles. The van der Waals surface area contributed by atoms with Crippen LogP contribution in [0.15, 0.2) is 0 Å². The van der Waals surface area contributed by atoms with E-state index in [4.69, 9.17) is 10.5 Å². The fourth-order valence-corrected chi connectivity index (χ4v) is 0.913. The zero-order valence-corrected chi connectivity index (χ0v) is 9.59. The van der Waals surface area contributed by atoms with Crippen LogP contribution >= 0.6 is 0 Å². The molecule has 0 radical (unpaired) electrons. The molecular formula is C10H22N2O2. The lowest BCUT2D eigenvalue weighted by molar-refractivity contribution is -0.123.